The van der Waals surface area contributed by atoms with Gasteiger partial charge in [0.05, 0.1) is 35.8 Å². The Morgan fingerprint density at radius 3 is 2.53 bits per heavy atom. The summed E-state index contributed by atoms with van der Waals surface area (Å²) < 4.78 is 32.9. The molecule has 11 nitrogen and oxygen atoms in total. The second-order valence-electron chi connectivity index (χ2n) is 11.1. The number of halogens is 2. The summed E-state index contributed by atoms with van der Waals surface area (Å²) >= 11 is 0. The second kappa shape index (κ2) is 11.2. The molecule has 2 aromatic carbocycles. The number of amides is 2. The molecule has 5 aromatic rings. The topological polar surface area (TPSA) is 165 Å². The number of ether oxygens (including phenoxy) is 1. The minimum absolute atomic E-state index is 0. The third-order valence-electron chi connectivity index (χ3n) is 7.71. The van der Waals surface area contributed by atoms with Gasteiger partial charge in [-0.2, -0.15) is 0 Å². The fourth-order valence-corrected chi connectivity index (χ4v) is 5.03. The molecule has 4 heterocycles. The molecule has 2 atom stereocenters. The second-order valence-corrected chi connectivity index (χ2v) is 11.1. The molecule has 0 fully saturated rings. The molecule has 0 saturated carbocycles. The number of aliphatic hydroxyl groups is 1. The van der Waals surface area contributed by atoms with E-state index in [0.29, 0.717) is 39.2 Å². The zero-order valence-corrected chi connectivity index (χ0v) is 24.1. The summed E-state index contributed by atoms with van der Waals surface area (Å²) in [5.74, 6) is -1.78. The van der Waals surface area contributed by atoms with Crippen molar-refractivity contribution >= 4 is 34.4 Å². The van der Waals surface area contributed by atoms with Gasteiger partial charge in [-0.05, 0) is 62.4 Å². The molecule has 5 N–H and O–H groups in total. The number of hydrogen-bond donors (Lipinski definition) is 4. The Labute approximate surface area is 257 Å². The minimum atomic E-state index is -1.73. The summed E-state index contributed by atoms with van der Waals surface area (Å²) in [6, 6.07) is 13.8. The number of carbonyl (C=O) groups is 2. The first-order valence-electron chi connectivity index (χ1n) is 13.8. The predicted octanol–water partition coefficient (Wildman–Crippen LogP) is 4.13. The predicted molar refractivity (Wildman–Crippen MR) is 163 cm³/mol. The van der Waals surface area contributed by atoms with Gasteiger partial charge >= 0.3 is 0 Å². The van der Waals surface area contributed by atoms with Gasteiger partial charge in [0.1, 0.15) is 34.9 Å². The molecule has 0 bridgehead atoms. The van der Waals surface area contributed by atoms with Gasteiger partial charge in [0.15, 0.2) is 5.82 Å². The van der Waals surface area contributed by atoms with Gasteiger partial charge < -0.3 is 26.2 Å². The number of pyridine rings is 2. The van der Waals surface area contributed by atoms with E-state index >= 15 is 0 Å². The quantitative estimate of drug-likeness (QED) is 0.201. The van der Waals surface area contributed by atoms with Crippen LogP contribution in [0, 0.1) is 11.6 Å². The number of primary amides is 1. The van der Waals surface area contributed by atoms with Gasteiger partial charge in [0.2, 0.25) is 11.9 Å². The maximum absolute atomic E-state index is 13.7. The number of fused-ring (bicyclic) bond motifs is 2. The molecule has 6 rings (SSSR count). The van der Waals surface area contributed by atoms with Gasteiger partial charge in [0, 0.05) is 29.7 Å². The lowest BCUT2D eigenvalue weighted by atomic mass is 9.82. The molecule has 230 valence electrons. The summed E-state index contributed by atoms with van der Waals surface area (Å²) in [7, 11) is 0. The number of carbonyl (C=O) groups excluding carboxylic acids is 2. The van der Waals surface area contributed by atoms with Crippen molar-refractivity contribution < 1.29 is 29.6 Å². The molecule has 3 aromatic heterocycles. The van der Waals surface area contributed by atoms with Crippen LogP contribution < -0.4 is 21.1 Å². The van der Waals surface area contributed by atoms with Crippen molar-refractivity contribution in [2.75, 3.05) is 18.5 Å². The lowest BCUT2D eigenvalue weighted by Crippen LogP contribution is -2.41. The molecule has 0 spiro atoms. The van der Waals surface area contributed by atoms with Crippen molar-refractivity contribution in [3.05, 3.63) is 102 Å². The first-order valence-corrected chi connectivity index (χ1v) is 13.8. The van der Waals surface area contributed by atoms with E-state index < -0.39 is 34.5 Å². The molecule has 1 aliphatic heterocycles. The first-order chi connectivity index (χ1) is 21.4. The van der Waals surface area contributed by atoms with Gasteiger partial charge in [-0.3, -0.25) is 14.6 Å². The summed E-state index contributed by atoms with van der Waals surface area (Å²) in [6.45, 7) is 2.79. The van der Waals surface area contributed by atoms with E-state index in [2.05, 4.69) is 30.6 Å². The highest BCUT2D eigenvalue weighted by molar-refractivity contribution is 6.02. The zero-order chi connectivity index (χ0) is 31.9. The van der Waals surface area contributed by atoms with Crippen molar-refractivity contribution in [3.63, 3.8) is 0 Å². The van der Waals surface area contributed by atoms with Crippen LogP contribution in [0.1, 0.15) is 36.9 Å². The molecule has 1 aliphatic rings. The lowest BCUT2D eigenvalue weighted by molar-refractivity contribution is -0.123. The van der Waals surface area contributed by atoms with Crippen molar-refractivity contribution in [2.45, 2.75) is 24.9 Å². The summed E-state index contributed by atoms with van der Waals surface area (Å²) in [4.78, 5) is 42.8. The smallest absolute Gasteiger partial charge is 0.251 e. The lowest BCUT2D eigenvalue weighted by Gasteiger charge is -2.26. The Morgan fingerprint density at radius 2 is 1.82 bits per heavy atom. The van der Waals surface area contributed by atoms with Crippen molar-refractivity contribution in [3.8, 4) is 17.0 Å². The Bertz CT molecular complexity index is 1960. The van der Waals surface area contributed by atoms with Gasteiger partial charge in [-0.25, -0.2) is 23.7 Å². The number of anilines is 2. The van der Waals surface area contributed by atoms with Crippen molar-refractivity contribution in [2.24, 2.45) is 5.73 Å². The molecule has 2 amide bonds. The fraction of sp³-hybridized carbons (Fsp3) is 0.188. The largest absolute Gasteiger partial charge is 0.489 e. The summed E-state index contributed by atoms with van der Waals surface area (Å²) in [5, 5.41) is 18.0. The first kappa shape index (κ1) is 29.5. The monoisotopic (exact) mass is 613 g/mol. The van der Waals surface area contributed by atoms with Crippen LogP contribution in [0.25, 0.3) is 22.2 Å². The van der Waals surface area contributed by atoms with Gasteiger partial charge in [-0.15, -0.1) is 0 Å². The third-order valence-corrected chi connectivity index (χ3v) is 7.71. The Kier molecular flexibility index (Phi) is 7.33. The van der Waals surface area contributed by atoms with Gasteiger partial charge in [0.25, 0.3) is 5.91 Å². The normalized spacial score (nSPS) is 16.8. The number of aromatic nitrogens is 4. The fourth-order valence-electron chi connectivity index (χ4n) is 5.03. The molecule has 0 unspecified atom stereocenters. The Balaban J connectivity index is 0.00000417. The number of nitrogens with two attached hydrogens (primary N) is 1. The molecule has 0 radical (unpaired) electrons. The minimum Gasteiger partial charge on any atom is -0.489 e. The van der Waals surface area contributed by atoms with Crippen LogP contribution >= 0.6 is 0 Å². The average molecular weight is 614 g/mol. The standard InChI is InChI=1S/C32H27F2N7O4.H2/c1-31(29(35)43)16-45-27-22(31)12-24(41-26(27)17-5-7-20(33)8-6-17)32(2,44)15-39-28(42)19-10-18-4-3-9-36-25(18)23(11-19)40-30-37-13-21(34)14-38-30;/h3-14,44H,15-16H2,1-2H3,(H2,35,43)(H,39,42)(H,37,38,40);1H/t31-,32-;/m0./s1. The zero-order valence-electron chi connectivity index (χ0n) is 24.1. The summed E-state index contributed by atoms with van der Waals surface area (Å²) in [6.07, 6.45) is 3.61. The van der Waals surface area contributed by atoms with Crippen LogP contribution in [-0.4, -0.2) is 50.0 Å². The van der Waals surface area contributed by atoms with Crippen LogP contribution in [-0.2, 0) is 15.8 Å². The molecule has 45 heavy (non-hydrogen) atoms. The highest BCUT2D eigenvalue weighted by Crippen LogP contribution is 2.45. The van der Waals surface area contributed by atoms with Crippen molar-refractivity contribution in [1.29, 1.82) is 0 Å². The van der Waals surface area contributed by atoms with Crippen LogP contribution in [0.5, 0.6) is 5.75 Å². The van der Waals surface area contributed by atoms with E-state index in [-0.39, 0.29) is 31.8 Å². The highest BCUT2D eigenvalue weighted by Gasteiger charge is 2.45. The van der Waals surface area contributed by atoms with Crippen LogP contribution in [0.2, 0.25) is 0 Å². The molecule has 13 heteroatoms. The van der Waals surface area contributed by atoms with Crippen LogP contribution in [0.3, 0.4) is 0 Å². The van der Waals surface area contributed by atoms with Crippen LogP contribution in [0.15, 0.2) is 73.2 Å². The number of benzene rings is 2. The Hall–Kier alpha value is -5.56. The number of nitrogens with one attached hydrogen (secondary N) is 2. The highest BCUT2D eigenvalue weighted by atomic mass is 19.1. The van der Waals surface area contributed by atoms with E-state index in [1.165, 1.54) is 31.2 Å². The van der Waals surface area contributed by atoms with Crippen molar-refractivity contribution in [1.82, 2.24) is 25.3 Å². The number of rotatable bonds is 8. The third kappa shape index (κ3) is 5.60. The SMILES string of the molecule is C[C@](O)(CNC(=O)c1cc(Nc2ncc(F)cn2)c2ncccc2c1)c1cc2c(c(-c3ccc(F)cc3)n1)OC[C@]2(C)C(N)=O.[HH]. The maximum atomic E-state index is 13.7. The van der Waals surface area contributed by atoms with E-state index in [1.54, 1.807) is 43.5 Å². The number of nitrogens with zero attached hydrogens (tertiary/aromatic N) is 4. The van der Waals surface area contributed by atoms with E-state index in [1.807, 2.05) is 0 Å². The molecule has 0 aliphatic carbocycles. The average Bonchev–Trinajstić information content (AvgIpc) is 3.38. The van der Waals surface area contributed by atoms with Crippen LogP contribution in [0.4, 0.5) is 20.4 Å². The molecular weight excluding hydrogens is 584 g/mol. The van der Waals surface area contributed by atoms with Gasteiger partial charge in [-0.1, -0.05) is 6.07 Å². The summed E-state index contributed by atoms with van der Waals surface area (Å²) in [5.41, 5.74) is 5.32. The maximum Gasteiger partial charge on any atom is 0.251 e. The molecule has 0 saturated heterocycles. The van der Waals surface area contributed by atoms with E-state index in [4.69, 9.17) is 10.5 Å². The van der Waals surface area contributed by atoms with E-state index in [0.717, 1.165) is 12.4 Å². The Morgan fingerprint density at radius 1 is 1.09 bits per heavy atom. The van der Waals surface area contributed by atoms with E-state index in [9.17, 15) is 23.5 Å². The molecular formula is C32H29F2N7O4. The number of hydrogen-bond acceptors (Lipinski definition) is 9.